The van der Waals surface area contributed by atoms with Crippen molar-refractivity contribution in [2.24, 2.45) is 0 Å². The van der Waals surface area contributed by atoms with E-state index in [1.807, 2.05) is 57.3 Å². The Morgan fingerprint density at radius 1 is 1.22 bits per heavy atom. The molecule has 0 aliphatic rings. The van der Waals surface area contributed by atoms with Gasteiger partial charge in [-0.1, -0.05) is 0 Å². The molecule has 1 rings (SSSR count). The number of carbonyl (C=O) groups excluding carboxylic acids is 1. The van der Waals surface area contributed by atoms with Crippen LogP contribution in [0.25, 0.3) is 0 Å². The molecule has 1 N–H and O–H groups in total. The van der Waals surface area contributed by atoms with E-state index < -0.39 is 21.8 Å². The van der Waals surface area contributed by atoms with Gasteiger partial charge in [-0.2, -0.15) is 8.42 Å². The Morgan fingerprint density at radius 2 is 1.72 bits per heavy atom. The van der Waals surface area contributed by atoms with Gasteiger partial charge < -0.3 is 4.74 Å². The van der Waals surface area contributed by atoms with Gasteiger partial charge in [0.15, 0.2) is 0 Å². The molecule has 1 aromatic rings. The van der Waals surface area contributed by atoms with E-state index in [0.717, 1.165) is 10.7 Å². The standard InChI is InChI=1S/C9H7I3O5S/c10-5-3-6(11)8(7(12)4-5)9(13)17-1-2-18(14,15)16/h3-4H,1-2H2,(H,14,15,16). The molecule has 0 heterocycles. The number of carbonyl (C=O) groups is 1. The predicted molar refractivity (Wildman–Crippen MR) is 91.3 cm³/mol. The van der Waals surface area contributed by atoms with Gasteiger partial charge in [0.25, 0.3) is 10.1 Å². The predicted octanol–water partition coefficient (Wildman–Crippen LogP) is 2.55. The first-order chi connectivity index (χ1) is 8.20. The van der Waals surface area contributed by atoms with Crippen LogP contribution in [0.5, 0.6) is 0 Å². The molecule has 0 aliphatic carbocycles. The van der Waals surface area contributed by atoms with Crippen LogP contribution in [0.2, 0.25) is 0 Å². The van der Waals surface area contributed by atoms with Crippen LogP contribution in [0.4, 0.5) is 0 Å². The highest BCUT2D eigenvalue weighted by molar-refractivity contribution is 14.1. The lowest BCUT2D eigenvalue weighted by Gasteiger charge is -2.08. The summed E-state index contributed by atoms with van der Waals surface area (Å²) in [6.45, 7) is -0.365. The van der Waals surface area contributed by atoms with Crippen LogP contribution in [0, 0.1) is 10.7 Å². The molecule has 0 unspecified atom stereocenters. The van der Waals surface area contributed by atoms with Crippen molar-refractivity contribution in [1.29, 1.82) is 0 Å². The Bertz CT molecular complexity index is 547. The fourth-order valence-corrected chi connectivity index (χ4v) is 5.37. The number of halogens is 3. The second-order valence-corrected chi connectivity index (χ2v) is 8.31. The van der Waals surface area contributed by atoms with E-state index >= 15 is 0 Å². The number of rotatable bonds is 4. The summed E-state index contributed by atoms with van der Waals surface area (Å²) in [7, 11) is -4.11. The molecular weight excluding hydrogens is 601 g/mol. The van der Waals surface area contributed by atoms with Crippen molar-refractivity contribution in [3.8, 4) is 0 Å². The van der Waals surface area contributed by atoms with Gasteiger partial charge in [0.05, 0.1) is 5.56 Å². The third-order valence-electron chi connectivity index (χ3n) is 1.79. The molecule has 0 fully saturated rings. The van der Waals surface area contributed by atoms with Crippen molar-refractivity contribution in [1.82, 2.24) is 0 Å². The van der Waals surface area contributed by atoms with Gasteiger partial charge in [-0.15, -0.1) is 0 Å². The number of ether oxygens (including phenoxy) is 1. The molecule has 0 aromatic heterocycles. The molecule has 18 heavy (non-hydrogen) atoms. The highest BCUT2D eigenvalue weighted by Gasteiger charge is 2.17. The zero-order valence-corrected chi connectivity index (χ0v) is 16.0. The summed E-state index contributed by atoms with van der Waals surface area (Å²) in [6.07, 6.45) is 0. The largest absolute Gasteiger partial charge is 0.461 e. The van der Waals surface area contributed by atoms with Crippen molar-refractivity contribution < 1.29 is 22.5 Å². The molecule has 0 radical (unpaired) electrons. The Balaban J connectivity index is 2.80. The summed E-state index contributed by atoms with van der Waals surface area (Å²) in [5.74, 6) is -1.19. The topological polar surface area (TPSA) is 80.7 Å². The number of hydrogen-bond acceptors (Lipinski definition) is 4. The zero-order valence-electron chi connectivity index (χ0n) is 8.69. The highest BCUT2D eigenvalue weighted by atomic mass is 127. The first-order valence-electron chi connectivity index (χ1n) is 4.47. The maximum absolute atomic E-state index is 11.8. The summed E-state index contributed by atoms with van der Waals surface area (Å²) in [5, 5.41) is 0. The molecule has 0 amide bonds. The Hall–Kier alpha value is 0.790. The molecular formula is C9H7I3O5S. The van der Waals surface area contributed by atoms with Crippen LogP contribution in [-0.4, -0.2) is 31.3 Å². The Labute approximate surface area is 145 Å². The second-order valence-electron chi connectivity index (χ2n) is 3.17. The van der Waals surface area contributed by atoms with Gasteiger partial charge in [0.2, 0.25) is 0 Å². The normalized spacial score (nSPS) is 11.3. The van der Waals surface area contributed by atoms with Gasteiger partial charge in [-0.05, 0) is 79.9 Å². The summed E-state index contributed by atoms with van der Waals surface area (Å²) in [6, 6.07) is 3.64. The highest BCUT2D eigenvalue weighted by Crippen LogP contribution is 2.23. The van der Waals surface area contributed by atoms with E-state index in [4.69, 9.17) is 9.29 Å². The fraction of sp³-hybridized carbons (Fsp3) is 0.222. The first-order valence-corrected chi connectivity index (χ1v) is 9.32. The molecule has 1 aromatic carbocycles. The van der Waals surface area contributed by atoms with E-state index in [1.165, 1.54) is 0 Å². The van der Waals surface area contributed by atoms with Crippen molar-refractivity contribution in [3.05, 3.63) is 28.4 Å². The maximum atomic E-state index is 11.8. The van der Waals surface area contributed by atoms with E-state index in [1.54, 1.807) is 0 Å². The summed E-state index contributed by atoms with van der Waals surface area (Å²) in [4.78, 5) is 11.8. The molecule has 0 aliphatic heterocycles. The van der Waals surface area contributed by atoms with E-state index in [9.17, 15) is 13.2 Å². The number of hydrogen-bond donors (Lipinski definition) is 1. The minimum Gasteiger partial charge on any atom is -0.461 e. The maximum Gasteiger partial charge on any atom is 0.340 e. The first kappa shape index (κ1) is 16.8. The van der Waals surface area contributed by atoms with Gasteiger partial charge in [0.1, 0.15) is 12.4 Å². The number of benzene rings is 1. The van der Waals surface area contributed by atoms with E-state index in [-0.39, 0.29) is 6.61 Å². The average molecular weight is 608 g/mol. The minimum atomic E-state index is -4.11. The molecule has 100 valence electrons. The Morgan fingerprint density at radius 3 is 2.17 bits per heavy atom. The van der Waals surface area contributed by atoms with Gasteiger partial charge >= 0.3 is 5.97 Å². The molecule has 0 saturated heterocycles. The van der Waals surface area contributed by atoms with Gasteiger partial charge in [0, 0.05) is 10.7 Å². The number of esters is 1. The van der Waals surface area contributed by atoms with Crippen LogP contribution in [-0.2, 0) is 14.9 Å². The fourth-order valence-electron chi connectivity index (χ4n) is 1.05. The second kappa shape index (κ2) is 6.99. The lowest BCUT2D eigenvalue weighted by molar-refractivity contribution is 0.0525. The van der Waals surface area contributed by atoms with Crippen molar-refractivity contribution in [2.45, 2.75) is 0 Å². The third-order valence-corrected chi connectivity index (χ3v) is 4.79. The van der Waals surface area contributed by atoms with Crippen molar-refractivity contribution >= 4 is 83.9 Å². The minimum absolute atomic E-state index is 0.365. The third kappa shape index (κ3) is 5.42. The quantitative estimate of drug-likeness (QED) is 0.323. The van der Waals surface area contributed by atoms with Crippen LogP contribution in [0.15, 0.2) is 12.1 Å². The SMILES string of the molecule is O=C(OCCS(=O)(=O)O)c1c(I)cc(I)cc1I. The van der Waals surface area contributed by atoms with Crippen LogP contribution >= 0.6 is 67.8 Å². The summed E-state index contributed by atoms with van der Waals surface area (Å²) in [5.41, 5.74) is 0.409. The summed E-state index contributed by atoms with van der Waals surface area (Å²) < 4.78 is 36.8. The van der Waals surface area contributed by atoms with E-state index in [0.29, 0.717) is 5.56 Å². The zero-order chi connectivity index (χ0) is 13.9. The van der Waals surface area contributed by atoms with Crippen LogP contribution < -0.4 is 0 Å². The van der Waals surface area contributed by atoms with Crippen molar-refractivity contribution in [3.63, 3.8) is 0 Å². The monoisotopic (exact) mass is 608 g/mol. The van der Waals surface area contributed by atoms with Crippen molar-refractivity contribution in [2.75, 3.05) is 12.4 Å². The lowest BCUT2D eigenvalue weighted by Crippen LogP contribution is -2.16. The molecule has 5 nitrogen and oxygen atoms in total. The summed E-state index contributed by atoms with van der Waals surface area (Å²) >= 11 is 6.17. The average Bonchev–Trinajstić information content (AvgIpc) is 2.13. The molecule has 0 saturated carbocycles. The Kier molecular flexibility index (Phi) is 6.54. The molecule has 0 atom stereocenters. The molecule has 0 spiro atoms. The molecule has 9 heteroatoms. The smallest absolute Gasteiger partial charge is 0.340 e. The van der Waals surface area contributed by atoms with Gasteiger partial charge in [-0.25, -0.2) is 4.79 Å². The van der Waals surface area contributed by atoms with E-state index in [2.05, 4.69) is 22.6 Å². The van der Waals surface area contributed by atoms with Crippen LogP contribution in [0.1, 0.15) is 10.4 Å². The lowest BCUT2D eigenvalue weighted by atomic mass is 10.2. The van der Waals surface area contributed by atoms with Gasteiger partial charge in [-0.3, -0.25) is 4.55 Å². The van der Waals surface area contributed by atoms with Crippen LogP contribution in [0.3, 0.4) is 0 Å². The molecule has 0 bridgehead atoms.